The van der Waals surface area contributed by atoms with Crippen molar-refractivity contribution in [2.75, 3.05) is 21.2 Å². The number of benzene rings is 1. The van der Waals surface area contributed by atoms with Crippen molar-refractivity contribution in [1.82, 2.24) is 9.47 Å². The van der Waals surface area contributed by atoms with E-state index in [1.165, 1.54) is 10.9 Å². The van der Waals surface area contributed by atoms with Gasteiger partial charge in [0.05, 0.1) is 7.11 Å². The maximum atomic E-state index is 11.5. The molecule has 19 heavy (non-hydrogen) atoms. The predicted octanol–water partition coefficient (Wildman–Crippen LogP) is 2.52. The Morgan fingerprint density at radius 3 is 2.79 bits per heavy atom. The highest BCUT2D eigenvalue weighted by Gasteiger charge is 2.05. The molecule has 0 aliphatic heterocycles. The molecule has 1 amide bonds. The Morgan fingerprint density at radius 1 is 1.32 bits per heavy atom. The fraction of sp³-hybridized carbons (Fsp3) is 0.400. The monoisotopic (exact) mass is 260 g/mol. The van der Waals surface area contributed by atoms with E-state index in [9.17, 15) is 4.79 Å². The number of hydrogen-bond acceptors (Lipinski definition) is 2. The zero-order valence-corrected chi connectivity index (χ0v) is 11.7. The zero-order valence-electron chi connectivity index (χ0n) is 11.7. The fourth-order valence-corrected chi connectivity index (χ4v) is 2.12. The molecule has 0 N–H and O–H groups in total. The molecule has 0 saturated heterocycles. The van der Waals surface area contributed by atoms with Crippen molar-refractivity contribution in [3.05, 3.63) is 30.5 Å². The van der Waals surface area contributed by atoms with Crippen LogP contribution >= 0.6 is 0 Å². The van der Waals surface area contributed by atoms with Gasteiger partial charge in [0, 0.05) is 44.2 Å². The van der Waals surface area contributed by atoms with E-state index in [0.29, 0.717) is 6.42 Å². The van der Waals surface area contributed by atoms with Gasteiger partial charge in [0.2, 0.25) is 5.91 Å². The third-order valence-corrected chi connectivity index (χ3v) is 3.27. The van der Waals surface area contributed by atoms with E-state index >= 15 is 0 Å². The topological polar surface area (TPSA) is 34.5 Å². The van der Waals surface area contributed by atoms with Crippen LogP contribution < -0.4 is 4.74 Å². The van der Waals surface area contributed by atoms with E-state index in [1.54, 1.807) is 26.1 Å². The van der Waals surface area contributed by atoms with E-state index in [0.717, 1.165) is 18.7 Å². The number of rotatable bonds is 5. The summed E-state index contributed by atoms with van der Waals surface area (Å²) in [5.74, 6) is 1.05. The molecule has 0 aliphatic rings. The number of methoxy groups -OCH3 is 1. The number of nitrogens with zero attached hydrogens (tertiary/aromatic N) is 2. The standard InChI is InChI=1S/C15H20N2O2/c1-16(2)15(18)5-4-9-17-10-8-12-11-13(19-3)6-7-14(12)17/h6-8,10-11H,4-5,9H2,1-3H3. The van der Waals surface area contributed by atoms with Gasteiger partial charge in [-0.25, -0.2) is 0 Å². The Hall–Kier alpha value is -1.97. The van der Waals surface area contributed by atoms with Gasteiger partial charge < -0.3 is 14.2 Å². The van der Waals surface area contributed by atoms with E-state index < -0.39 is 0 Å². The summed E-state index contributed by atoms with van der Waals surface area (Å²) in [5, 5.41) is 1.17. The second-order valence-electron chi connectivity index (χ2n) is 4.83. The number of aromatic nitrogens is 1. The molecule has 4 nitrogen and oxygen atoms in total. The highest BCUT2D eigenvalue weighted by atomic mass is 16.5. The van der Waals surface area contributed by atoms with Crippen molar-refractivity contribution in [2.24, 2.45) is 0 Å². The minimum absolute atomic E-state index is 0.179. The molecule has 0 saturated carbocycles. The summed E-state index contributed by atoms with van der Waals surface area (Å²) in [7, 11) is 5.25. The highest BCUT2D eigenvalue weighted by molar-refractivity contribution is 5.81. The minimum Gasteiger partial charge on any atom is -0.497 e. The molecule has 0 aliphatic carbocycles. The average molecular weight is 260 g/mol. The smallest absolute Gasteiger partial charge is 0.222 e. The number of carbonyl (C=O) groups is 1. The minimum atomic E-state index is 0.179. The molecule has 1 heterocycles. The Balaban J connectivity index is 2.03. The summed E-state index contributed by atoms with van der Waals surface area (Å²) < 4.78 is 7.39. The number of amides is 1. The van der Waals surface area contributed by atoms with Crippen LogP contribution in [0.1, 0.15) is 12.8 Å². The van der Waals surface area contributed by atoms with Crippen LogP contribution in [0.2, 0.25) is 0 Å². The third kappa shape index (κ3) is 3.08. The van der Waals surface area contributed by atoms with Gasteiger partial charge in [0.25, 0.3) is 0 Å². The first-order chi connectivity index (χ1) is 9.11. The molecule has 0 spiro atoms. The van der Waals surface area contributed by atoms with Gasteiger partial charge in [0.1, 0.15) is 5.75 Å². The molecule has 4 heteroatoms. The van der Waals surface area contributed by atoms with E-state index in [-0.39, 0.29) is 5.91 Å². The summed E-state index contributed by atoms with van der Waals surface area (Å²) in [5.41, 5.74) is 1.18. The molecule has 2 rings (SSSR count). The van der Waals surface area contributed by atoms with Gasteiger partial charge in [0.15, 0.2) is 0 Å². The van der Waals surface area contributed by atoms with Crippen LogP contribution in [-0.2, 0) is 11.3 Å². The lowest BCUT2D eigenvalue weighted by molar-refractivity contribution is -0.128. The lowest BCUT2D eigenvalue weighted by Gasteiger charge is -2.10. The molecule has 1 aromatic heterocycles. The molecule has 1 aromatic carbocycles. The van der Waals surface area contributed by atoms with Crippen LogP contribution in [0.25, 0.3) is 10.9 Å². The van der Waals surface area contributed by atoms with Crippen molar-refractivity contribution < 1.29 is 9.53 Å². The van der Waals surface area contributed by atoms with E-state index in [2.05, 4.69) is 22.9 Å². The number of fused-ring (bicyclic) bond motifs is 1. The van der Waals surface area contributed by atoms with Gasteiger partial charge in [-0.05, 0) is 30.7 Å². The summed E-state index contributed by atoms with van der Waals surface area (Å²) in [6, 6.07) is 8.12. The molecular formula is C15H20N2O2. The van der Waals surface area contributed by atoms with Gasteiger partial charge in [-0.1, -0.05) is 0 Å². The van der Waals surface area contributed by atoms with Crippen LogP contribution in [0, 0.1) is 0 Å². The summed E-state index contributed by atoms with van der Waals surface area (Å²) in [6.45, 7) is 0.857. The third-order valence-electron chi connectivity index (χ3n) is 3.27. The van der Waals surface area contributed by atoms with Crippen LogP contribution in [0.4, 0.5) is 0 Å². The first-order valence-corrected chi connectivity index (χ1v) is 6.45. The quantitative estimate of drug-likeness (QED) is 0.828. The normalized spacial score (nSPS) is 10.7. The Kier molecular flexibility index (Phi) is 4.10. The zero-order chi connectivity index (χ0) is 13.8. The van der Waals surface area contributed by atoms with Gasteiger partial charge in [-0.3, -0.25) is 4.79 Å². The molecule has 0 radical (unpaired) electrons. The number of aryl methyl sites for hydroxylation is 1. The largest absolute Gasteiger partial charge is 0.497 e. The predicted molar refractivity (Wildman–Crippen MR) is 76.4 cm³/mol. The molecule has 0 bridgehead atoms. The van der Waals surface area contributed by atoms with Crippen molar-refractivity contribution >= 4 is 16.8 Å². The van der Waals surface area contributed by atoms with Crippen molar-refractivity contribution in [2.45, 2.75) is 19.4 Å². The molecule has 2 aromatic rings. The van der Waals surface area contributed by atoms with Gasteiger partial charge in [-0.15, -0.1) is 0 Å². The molecule has 102 valence electrons. The van der Waals surface area contributed by atoms with Gasteiger partial charge >= 0.3 is 0 Å². The summed E-state index contributed by atoms with van der Waals surface area (Å²) in [6.07, 6.45) is 3.50. The molecule has 0 fully saturated rings. The highest BCUT2D eigenvalue weighted by Crippen LogP contribution is 2.22. The lowest BCUT2D eigenvalue weighted by atomic mass is 10.2. The summed E-state index contributed by atoms with van der Waals surface area (Å²) in [4.78, 5) is 13.2. The second-order valence-corrected chi connectivity index (χ2v) is 4.83. The van der Waals surface area contributed by atoms with Crippen molar-refractivity contribution in [3.8, 4) is 5.75 Å². The van der Waals surface area contributed by atoms with E-state index in [4.69, 9.17) is 4.74 Å². The molecule has 0 atom stereocenters. The maximum Gasteiger partial charge on any atom is 0.222 e. The van der Waals surface area contributed by atoms with Crippen LogP contribution in [0.3, 0.4) is 0 Å². The molecule has 0 unspecified atom stereocenters. The Morgan fingerprint density at radius 2 is 2.11 bits per heavy atom. The number of hydrogen-bond donors (Lipinski definition) is 0. The van der Waals surface area contributed by atoms with Crippen LogP contribution in [0.15, 0.2) is 30.5 Å². The van der Waals surface area contributed by atoms with Crippen LogP contribution in [0.5, 0.6) is 5.75 Å². The second kappa shape index (κ2) is 5.78. The van der Waals surface area contributed by atoms with Crippen molar-refractivity contribution in [1.29, 1.82) is 0 Å². The number of ether oxygens (including phenoxy) is 1. The van der Waals surface area contributed by atoms with Gasteiger partial charge in [-0.2, -0.15) is 0 Å². The first kappa shape index (κ1) is 13.5. The first-order valence-electron chi connectivity index (χ1n) is 6.45. The maximum absolute atomic E-state index is 11.5. The summed E-state index contributed by atoms with van der Waals surface area (Å²) >= 11 is 0. The average Bonchev–Trinajstić information content (AvgIpc) is 2.80. The van der Waals surface area contributed by atoms with Crippen LogP contribution in [-0.4, -0.2) is 36.6 Å². The molecular weight excluding hydrogens is 240 g/mol. The Labute approximate surface area is 113 Å². The Bertz CT molecular complexity index is 573. The van der Waals surface area contributed by atoms with E-state index in [1.807, 2.05) is 12.1 Å². The van der Waals surface area contributed by atoms with Crippen molar-refractivity contribution in [3.63, 3.8) is 0 Å². The SMILES string of the molecule is COc1ccc2c(ccn2CCCC(=O)N(C)C)c1. The fourth-order valence-electron chi connectivity index (χ4n) is 2.12. The number of carbonyl (C=O) groups excluding carboxylic acids is 1. The lowest BCUT2D eigenvalue weighted by Crippen LogP contribution is -2.21.